The number of pyridine rings is 1. The van der Waals surface area contributed by atoms with Gasteiger partial charge in [-0.05, 0) is 62.7 Å². The van der Waals surface area contributed by atoms with Crippen LogP contribution in [0.5, 0.6) is 5.75 Å². The Bertz CT molecular complexity index is 1370. The van der Waals surface area contributed by atoms with Crippen molar-refractivity contribution < 1.29 is 14.3 Å². The second kappa shape index (κ2) is 9.97. The van der Waals surface area contributed by atoms with Gasteiger partial charge in [0.1, 0.15) is 11.4 Å². The van der Waals surface area contributed by atoms with Crippen molar-refractivity contribution in [3.05, 3.63) is 59.1 Å². The average molecular weight is 493 g/mol. The van der Waals surface area contributed by atoms with Gasteiger partial charge in [0.2, 0.25) is 0 Å². The van der Waals surface area contributed by atoms with E-state index in [1.807, 2.05) is 24.3 Å². The van der Waals surface area contributed by atoms with E-state index in [9.17, 15) is 4.79 Å². The molecule has 35 heavy (non-hydrogen) atoms. The van der Waals surface area contributed by atoms with Crippen molar-refractivity contribution in [2.45, 2.75) is 25.7 Å². The number of carbonyl (C=O) groups excluding carboxylic acids is 1. The first kappa shape index (κ1) is 23.2. The zero-order valence-electron chi connectivity index (χ0n) is 19.5. The highest BCUT2D eigenvalue weighted by Crippen LogP contribution is 2.39. The number of ether oxygens (including phenoxy) is 2. The van der Waals surface area contributed by atoms with E-state index in [2.05, 4.69) is 20.5 Å². The summed E-state index contributed by atoms with van der Waals surface area (Å²) in [7, 11) is 1.57. The predicted octanol–water partition coefficient (Wildman–Crippen LogP) is 4.16. The second-order valence-electron chi connectivity index (χ2n) is 8.22. The van der Waals surface area contributed by atoms with Crippen LogP contribution in [0, 0.1) is 0 Å². The topological polar surface area (TPSA) is 104 Å². The maximum Gasteiger partial charge on any atom is 0.360 e. The molecule has 1 aliphatic rings. The van der Waals surface area contributed by atoms with E-state index in [1.54, 1.807) is 37.0 Å². The van der Waals surface area contributed by atoms with Crippen LogP contribution in [-0.2, 0) is 4.74 Å². The van der Waals surface area contributed by atoms with Crippen LogP contribution in [0.1, 0.15) is 41.9 Å². The number of nitrogens with one attached hydrogen (secondary N) is 1. The van der Waals surface area contributed by atoms with Gasteiger partial charge in [0.15, 0.2) is 11.3 Å². The molecule has 1 aromatic carbocycles. The van der Waals surface area contributed by atoms with Crippen molar-refractivity contribution in [2.24, 2.45) is 0 Å². The number of hydrogen-bond donors (Lipinski definition) is 1. The number of methoxy groups -OCH3 is 1. The number of fused-ring (bicyclic) bond motifs is 1. The first-order chi connectivity index (χ1) is 17.1. The molecule has 4 aromatic rings. The summed E-state index contributed by atoms with van der Waals surface area (Å²) in [6.07, 6.45) is 5.13. The highest BCUT2D eigenvalue weighted by molar-refractivity contribution is 6.32. The number of carbonyl (C=O) groups is 1. The summed E-state index contributed by atoms with van der Waals surface area (Å²) in [6.45, 7) is 3.71. The van der Waals surface area contributed by atoms with E-state index in [0.29, 0.717) is 22.1 Å². The maximum absolute atomic E-state index is 12.9. The summed E-state index contributed by atoms with van der Waals surface area (Å²) in [5.74, 6) is 0.122. The Morgan fingerprint density at radius 1 is 1.14 bits per heavy atom. The number of benzene rings is 1. The summed E-state index contributed by atoms with van der Waals surface area (Å²) in [5, 5.41) is 17.7. The Hall–Kier alpha value is -3.56. The van der Waals surface area contributed by atoms with Crippen LogP contribution < -0.4 is 10.1 Å². The molecule has 4 heterocycles. The highest BCUT2D eigenvalue weighted by atomic mass is 35.5. The van der Waals surface area contributed by atoms with E-state index >= 15 is 0 Å². The fourth-order valence-corrected chi connectivity index (χ4v) is 4.71. The molecule has 1 aliphatic heterocycles. The van der Waals surface area contributed by atoms with Crippen molar-refractivity contribution in [3.63, 3.8) is 0 Å². The molecule has 1 N–H and O–H groups in total. The highest BCUT2D eigenvalue weighted by Gasteiger charge is 2.30. The van der Waals surface area contributed by atoms with Crippen molar-refractivity contribution >= 4 is 23.2 Å². The zero-order valence-corrected chi connectivity index (χ0v) is 20.2. The fraction of sp³-hybridized carbons (Fsp3) is 0.320. The summed E-state index contributed by atoms with van der Waals surface area (Å²) < 4.78 is 12.6. The minimum atomic E-state index is -0.494. The molecule has 0 unspecified atom stereocenters. The number of piperidine rings is 1. The molecule has 0 bridgehead atoms. The van der Waals surface area contributed by atoms with Gasteiger partial charge in [-0.2, -0.15) is 5.10 Å². The monoisotopic (exact) mass is 492 g/mol. The largest absolute Gasteiger partial charge is 0.495 e. The van der Waals surface area contributed by atoms with E-state index in [-0.39, 0.29) is 18.2 Å². The van der Waals surface area contributed by atoms with Gasteiger partial charge in [0.25, 0.3) is 0 Å². The molecule has 180 valence electrons. The molecule has 0 aliphatic carbocycles. The molecular formula is C25H25ClN6O3. The SMILES string of the molecule is CCOC(=O)c1nnc2c(-c3ccc(Cl)c(OC)c3)c(-c3ccncc3)nn2c1C1CCNCC1. The van der Waals surface area contributed by atoms with Crippen LogP contribution in [0.25, 0.3) is 28.0 Å². The van der Waals surface area contributed by atoms with Gasteiger partial charge in [0, 0.05) is 23.9 Å². The number of halogens is 1. The lowest BCUT2D eigenvalue weighted by Gasteiger charge is -2.24. The molecule has 1 saturated heterocycles. The Labute approximate surface area is 207 Å². The lowest BCUT2D eigenvalue weighted by Crippen LogP contribution is -2.29. The Morgan fingerprint density at radius 3 is 2.63 bits per heavy atom. The van der Waals surface area contributed by atoms with Crippen LogP contribution in [0.4, 0.5) is 0 Å². The van der Waals surface area contributed by atoms with Gasteiger partial charge in [-0.1, -0.05) is 17.7 Å². The zero-order chi connectivity index (χ0) is 24.4. The summed E-state index contributed by atoms with van der Waals surface area (Å²) in [5.41, 5.74) is 4.62. The summed E-state index contributed by atoms with van der Waals surface area (Å²) >= 11 is 6.31. The van der Waals surface area contributed by atoms with Crippen molar-refractivity contribution in [2.75, 3.05) is 26.8 Å². The van der Waals surface area contributed by atoms with Gasteiger partial charge in [0.05, 0.1) is 30.0 Å². The fourth-order valence-electron chi connectivity index (χ4n) is 4.52. The van der Waals surface area contributed by atoms with Gasteiger partial charge < -0.3 is 14.8 Å². The molecule has 0 atom stereocenters. The Balaban J connectivity index is 1.82. The van der Waals surface area contributed by atoms with Crippen molar-refractivity contribution in [1.29, 1.82) is 0 Å². The molecule has 5 rings (SSSR count). The molecule has 3 aromatic heterocycles. The number of rotatable bonds is 6. The molecule has 0 saturated carbocycles. The first-order valence-electron chi connectivity index (χ1n) is 11.5. The molecular weight excluding hydrogens is 468 g/mol. The lowest BCUT2D eigenvalue weighted by atomic mass is 9.93. The maximum atomic E-state index is 12.9. The van der Waals surface area contributed by atoms with Crippen LogP contribution in [-0.4, -0.2) is 57.6 Å². The van der Waals surface area contributed by atoms with Gasteiger partial charge >= 0.3 is 5.97 Å². The minimum absolute atomic E-state index is 0.0754. The predicted molar refractivity (Wildman–Crippen MR) is 132 cm³/mol. The van der Waals surface area contributed by atoms with Gasteiger partial charge in [-0.25, -0.2) is 9.31 Å². The first-order valence-corrected chi connectivity index (χ1v) is 11.9. The molecule has 10 heteroatoms. The van der Waals surface area contributed by atoms with E-state index < -0.39 is 5.97 Å². The van der Waals surface area contributed by atoms with E-state index in [1.165, 1.54) is 0 Å². The van der Waals surface area contributed by atoms with E-state index in [0.717, 1.165) is 48.3 Å². The van der Waals surface area contributed by atoms with Crippen molar-refractivity contribution in [3.8, 4) is 28.1 Å². The smallest absolute Gasteiger partial charge is 0.360 e. The third kappa shape index (κ3) is 4.33. The normalized spacial score (nSPS) is 14.3. The van der Waals surface area contributed by atoms with Crippen molar-refractivity contribution in [1.82, 2.24) is 30.1 Å². The van der Waals surface area contributed by atoms with E-state index in [4.69, 9.17) is 26.2 Å². The number of hydrogen-bond acceptors (Lipinski definition) is 8. The average Bonchev–Trinajstić information content (AvgIpc) is 3.29. The van der Waals surface area contributed by atoms with Gasteiger partial charge in [-0.3, -0.25) is 4.98 Å². The molecule has 0 radical (unpaired) electrons. The third-order valence-corrected chi connectivity index (χ3v) is 6.48. The van der Waals surface area contributed by atoms with Gasteiger partial charge in [-0.15, -0.1) is 10.2 Å². The van der Waals surface area contributed by atoms with Crippen LogP contribution in [0.15, 0.2) is 42.7 Å². The number of nitrogens with zero attached hydrogens (tertiary/aromatic N) is 5. The second-order valence-corrected chi connectivity index (χ2v) is 8.63. The number of aromatic nitrogens is 5. The summed E-state index contributed by atoms with van der Waals surface area (Å²) in [4.78, 5) is 17.0. The quantitative estimate of drug-likeness (QED) is 0.400. The van der Waals surface area contributed by atoms with Crippen LogP contribution in [0.2, 0.25) is 5.02 Å². The van der Waals surface area contributed by atoms with Crippen LogP contribution in [0.3, 0.4) is 0 Å². The Morgan fingerprint density at radius 2 is 1.91 bits per heavy atom. The summed E-state index contributed by atoms with van der Waals surface area (Å²) in [6, 6.07) is 9.32. The molecule has 1 fully saturated rings. The third-order valence-electron chi connectivity index (χ3n) is 6.16. The standard InChI is InChI=1S/C25H25ClN6O3/c1-3-35-25(33)22-23(16-8-12-28-13-9-16)32-24(30-29-22)20(17-4-5-18(26)19(14-17)34-2)21(31-32)15-6-10-27-11-7-15/h4-7,10-11,14,16,28H,3,8-9,12-13H2,1-2H3. The lowest BCUT2D eigenvalue weighted by molar-refractivity contribution is 0.0514. The minimum Gasteiger partial charge on any atom is -0.495 e. The molecule has 0 spiro atoms. The Kier molecular flexibility index (Phi) is 6.61. The molecule has 9 nitrogen and oxygen atoms in total. The number of esters is 1. The van der Waals surface area contributed by atoms with Crippen LogP contribution >= 0.6 is 11.6 Å². The molecule has 0 amide bonds.